The molecule has 1 nitrogen and oxygen atoms in total. The number of hydrogen-bond acceptors (Lipinski definition) is 1. The standard InChI is InChI=1S/C8H19OP.C7H14F3P.C7H15F2P/c1-8(2)10(4,5)7-6-9-3;1-6(2)11(3,4)5-7(8,9)10;1-6(2)10(4,5)7(3,8)9/h6-7H2,1-5H3;5H2,1-4H3;1-5H3. The van der Waals surface area contributed by atoms with Crippen LogP contribution >= 0.6 is 20.7 Å². The van der Waals surface area contributed by atoms with Crippen molar-refractivity contribution in [2.75, 3.05) is 66.0 Å². The second kappa shape index (κ2) is 14.0. The monoisotopic (exact) mass is 516 g/mol. The Labute approximate surface area is 189 Å². The summed E-state index contributed by atoms with van der Waals surface area (Å²) in [6, 6.07) is 0. The van der Waals surface area contributed by atoms with Crippen LogP contribution in [0.4, 0.5) is 22.0 Å². The maximum atomic E-state index is 12.8. The second-order valence-corrected chi connectivity index (χ2v) is 23.9. The Balaban J connectivity index is -0.000000380. The Morgan fingerprint density at radius 3 is 1.16 bits per heavy atom. The Kier molecular flexibility index (Phi) is 16.3. The molecule has 0 amide bonds. The zero-order chi connectivity index (χ0) is 26.1. The summed E-state index contributed by atoms with van der Waals surface area (Å²) >= 11 is 0. The highest BCUT2D eigenvalue weighted by Crippen LogP contribution is 2.56. The highest BCUT2D eigenvalue weighted by atomic mass is 31.2. The average Bonchev–Trinajstić information content (AvgIpc) is 2.50. The first-order valence-corrected chi connectivity index (χ1v) is 18.6. The highest BCUT2D eigenvalue weighted by molar-refractivity contribution is 7.76. The fraction of sp³-hybridized carbons (Fsp3) is 0.864. The van der Waals surface area contributed by atoms with E-state index in [4.69, 9.17) is 4.74 Å². The first-order chi connectivity index (χ1) is 13.3. The Hall–Kier alpha value is 0.510. The predicted molar refractivity (Wildman–Crippen MR) is 144 cm³/mol. The molecule has 0 heterocycles. The third kappa shape index (κ3) is 16.7. The van der Waals surface area contributed by atoms with Crippen LogP contribution in [0.1, 0.15) is 48.5 Å². The van der Waals surface area contributed by atoms with Crippen LogP contribution in [0.25, 0.3) is 0 Å². The first-order valence-electron chi connectivity index (χ1n) is 10.2. The molecule has 0 atom stereocenters. The molecule has 0 aliphatic carbocycles. The van der Waals surface area contributed by atoms with E-state index in [1.54, 1.807) is 66.8 Å². The third-order valence-corrected chi connectivity index (χ3v) is 17.4. The molecule has 0 bridgehead atoms. The molecule has 31 heavy (non-hydrogen) atoms. The van der Waals surface area contributed by atoms with Crippen LogP contribution < -0.4 is 0 Å². The summed E-state index contributed by atoms with van der Waals surface area (Å²) in [6.07, 6.45) is -3.40. The molecule has 0 aromatic carbocycles. The lowest BCUT2D eigenvalue weighted by atomic mass is 10.6. The van der Waals surface area contributed by atoms with Gasteiger partial charge in [-0.05, 0) is 94.6 Å². The number of methoxy groups -OCH3 is 1. The van der Waals surface area contributed by atoms with Gasteiger partial charge in [0.25, 0.3) is 5.66 Å². The van der Waals surface area contributed by atoms with Gasteiger partial charge in [0.05, 0.1) is 12.8 Å². The summed E-state index contributed by atoms with van der Waals surface area (Å²) in [5.41, 5.74) is -2.51. The van der Waals surface area contributed by atoms with Gasteiger partial charge in [-0.3, -0.25) is 0 Å². The maximum Gasteiger partial charge on any atom is 0.392 e. The van der Waals surface area contributed by atoms with E-state index in [9.17, 15) is 22.0 Å². The second-order valence-electron chi connectivity index (χ2n) is 10.00. The number of hydrogen-bond donors (Lipinski definition) is 0. The van der Waals surface area contributed by atoms with Gasteiger partial charge in [0.15, 0.2) is 0 Å². The quantitative estimate of drug-likeness (QED) is 0.264. The fourth-order valence-corrected chi connectivity index (χ4v) is 4.63. The summed E-state index contributed by atoms with van der Waals surface area (Å²) in [6.45, 7) is 20.3. The molecule has 0 radical (unpaired) electrons. The van der Waals surface area contributed by atoms with E-state index in [-0.39, 0.29) is 0 Å². The van der Waals surface area contributed by atoms with Crippen molar-refractivity contribution < 1.29 is 26.7 Å². The molecule has 0 aromatic heterocycles. The molecule has 0 aliphatic heterocycles. The fourth-order valence-electron chi connectivity index (χ4n) is 1.54. The minimum atomic E-state index is -4.01. The van der Waals surface area contributed by atoms with Gasteiger partial charge in [-0.15, -0.1) is 13.8 Å². The topological polar surface area (TPSA) is 9.23 Å². The van der Waals surface area contributed by atoms with Crippen LogP contribution in [0.2, 0.25) is 0 Å². The van der Waals surface area contributed by atoms with Crippen LogP contribution in [0.3, 0.4) is 0 Å². The predicted octanol–water partition coefficient (Wildman–Crippen LogP) is 8.25. The molecule has 0 aromatic rings. The molecule has 192 valence electrons. The van der Waals surface area contributed by atoms with Gasteiger partial charge in [-0.1, -0.05) is 15.9 Å². The van der Waals surface area contributed by atoms with Gasteiger partial charge in [0.1, 0.15) is 0 Å². The average molecular weight is 517 g/mol. The molecule has 0 aliphatic rings. The van der Waals surface area contributed by atoms with Crippen molar-refractivity contribution in [3.05, 3.63) is 0 Å². The number of rotatable bonds is 5. The van der Waals surface area contributed by atoms with Crippen LogP contribution in [-0.4, -0.2) is 93.8 Å². The van der Waals surface area contributed by atoms with Crippen molar-refractivity contribution in [3.8, 4) is 0 Å². The van der Waals surface area contributed by atoms with E-state index >= 15 is 0 Å². The lowest BCUT2D eigenvalue weighted by Crippen LogP contribution is -2.15. The summed E-state index contributed by atoms with van der Waals surface area (Å²) < 4.78 is 66.4. The minimum absolute atomic E-state index is 0.623. The van der Waals surface area contributed by atoms with Crippen molar-refractivity contribution in [3.63, 3.8) is 0 Å². The molecule has 0 rings (SSSR count). The molecule has 0 spiro atoms. The van der Waals surface area contributed by atoms with E-state index in [1.165, 1.54) is 6.16 Å². The number of alkyl halides is 5. The lowest BCUT2D eigenvalue weighted by Gasteiger charge is -2.25. The Morgan fingerprint density at radius 1 is 0.677 bits per heavy atom. The van der Waals surface area contributed by atoms with Crippen LogP contribution in [0, 0.1) is 0 Å². The minimum Gasteiger partial charge on any atom is -0.384 e. The van der Waals surface area contributed by atoms with Crippen molar-refractivity contribution >= 4 is 36.5 Å². The van der Waals surface area contributed by atoms with E-state index in [1.807, 2.05) is 0 Å². The normalized spacial score (nSPS) is 12.9. The van der Waals surface area contributed by atoms with Gasteiger partial charge in [-0.25, -0.2) is 8.78 Å². The van der Waals surface area contributed by atoms with Gasteiger partial charge in [0.2, 0.25) is 0 Å². The van der Waals surface area contributed by atoms with Crippen LogP contribution in [0.5, 0.6) is 0 Å². The van der Waals surface area contributed by atoms with Crippen molar-refractivity contribution in [1.82, 2.24) is 0 Å². The molecule has 0 unspecified atom stereocenters. The molecule has 9 heteroatoms. The molecule has 0 N–H and O–H groups in total. The smallest absolute Gasteiger partial charge is 0.384 e. The Bertz CT molecular complexity index is 684. The van der Waals surface area contributed by atoms with Gasteiger partial charge in [-0.2, -0.15) is 13.2 Å². The maximum absolute atomic E-state index is 12.8. The summed E-state index contributed by atoms with van der Waals surface area (Å²) in [4.78, 5) is 0. The number of halogens is 5. The molecular weight excluding hydrogens is 468 g/mol. The number of ether oxygens (including phenoxy) is 1. The summed E-state index contributed by atoms with van der Waals surface area (Å²) in [7, 11) is 1.77. The third-order valence-electron chi connectivity index (χ3n) is 5.95. The van der Waals surface area contributed by atoms with E-state index in [0.717, 1.165) is 24.1 Å². The summed E-state index contributed by atoms with van der Waals surface area (Å²) in [5.74, 6) is 0. The van der Waals surface area contributed by atoms with E-state index in [0.29, 0.717) is 0 Å². The largest absolute Gasteiger partial charge is 0.392 e. The van der Waals surface area contributed by atoms with Crippen LogP contribution in [-0.2, 0) is 4.74 Å². The highest BCUT2D eigenvalue weighted by Gasteiger charge is 2.33. The molecule has 0 saturated carbocycles. The molecule has 0 saturated heterocycles. The zero-order valence-electron chi connectivity index (χ0n) is 22.3. The van der Waals surface area contributed by atoms with Gasteiger partial charge in [0, 0.05) is 14.0 Å². The zero-order valence-corrected chi connectivity index (χ0v) is 24.9. The van der Waals surface area contributed by atoms with Crippen molar-refractivity contribution in [2.45, 2.75) is 60.3 Å². The van der Waals surface area contributed by atoms with Gasteiger partial charge < -0.3 is 4.74 Å². The van der Waals surface area contributed by atoms with E-state index < -0.39 is 38.7 Å². The SMILES string of the molecule is CC(C)=P(C)(C)C(C)(F)F.CC(C)=P(C)(C)CC(F)(F)F.COCCP(C)(C)=C(C)C. The molecule has 0 fully saturated rings. The lowest BCUT2D eigenvalue weighted by molar-refractivity contribution is -0.106. The molecular formula is C22H48F5OP3. The first kappa shape index (κ1) is 36.1. The van der Waals surface area contributed by atoms with E-state index in [2.05, 4.69) is 27.2 Å². The van der Waals surface area contributed by atoms with Gasteiger partial charge >= 0.3 is 6.18 Å². The summed E-state index contributed by atoms with van der Waals surface area (Å²) in [5, 5.41) is 3.39. The van der Waals surface area contributed by atoms with Crippen molar-refractivity contribution in [1.29, 1.82) is 0 Å². The van der Waals surface area contributed by atoms with Crippen molar-refractivity contribution in [2.24, 2.45) is 0 Å². The Morgan fingerprint density at radius 2 is 1.03 bits per heavy atom. The van der Waals surface area contributed by atoms with Crippen LogP contribution in [0.15, 0.2) is 0 Å².